The maximum Gasteiger partial charge on any atom is 0.165 e. The van der Waals surface area contributed by atoms with E-state index in [1.165, 1.54) is 18.7 Å². The second-order valence-corrected chi connectivity index (χ2v) is 5.90. The Morgan fingerprint density at radius 3 is 2.65 bits per heavy atom. The lowest BCUT2D eigenvalue weighted by Crippen LogP contribution is -2.24. The van der Waals surface area contributed by atoms with Crippen LogP contribution in [0.1, 0.15) is 17.5 Å². The lowest BCUT2D eigenvalue weighted by atomic mass is 9.81. The molecule has 0 amide bonds. The number of hydrogen-bond donors (Lipinski definition) is 1. The first-order valence-electron chi connectivity index (χ1n) is 7.71. The highest BCUT2D eigenvalue weighted by Gasteiger charge is 2.24. The maximum absolute atomic E-state index is 13.9. The maximum atomic E-state index is 13.9. The van der Waals surface area contributed by atoms with E-state index >= 15 is 0 Å². The third-order valence-electron chi connectivity index (χ3n) is 4.53. The molecule has 0 spiro atoms. The lowest BCUT2D eigenvalue weighted by molar-refractivity contribution is -0.125. The molecule has 0 radical (unpaired) electrons. The van der Waals surface area contributed by atoms with E-state index in [0.29, 0.717) is 6.42 Å². The van der Waals surface area contributed by atoms with E-state index < -0.39 is 12.4 Å². The second kappa shape index (κ2) is 6.50. The summed E-state index contributed by atoms with van der Waals surface area (Å²) in [4.78, 5) is 11.7. The highest BCUT2D eigenvalue weighted by Crippen LogP contribution is 2.31. The van der Waals surface area contributed by atoms with Gasteiger partial charge in [0, 0.05) is 5.92 Å². The number of methoxy groups -OCH3 is 1. The molecule has 0 fully saturated rings. The summed E-state index contributed by atoms with van der Waals surface area (Å²) in [5.74, 6) is -0.386. The normalized spacial score (nSPS) is 16.7. The quantitative estimate of drug-likeness (QED) is 0.943. The molecule has 120 valence electrons. The van der Waals surface area contributed by atoms with Crippen molar-refractivity contribution in [3.63, 3.8) is 0 Å². The Hall–Kier alpha value is -2.20. The molecule has 4 heteroatoms. The molecule has 2 aromatic rings. The summed E-state index contributed by atoms with van der Waals surface area (Å²) in [5.41, 5.74) is 4.03. The fourth-order valence-electron chi connectivity index (χ4n) is 3.19. The van der Waals surface area contributed by atoms with Crippen LogP contribution in [0, 0.1) is 11.7 Å². The monoisotopic (exact) mass is 314 g/mol. The highest BCUT2D eigenvalue weighted by molar-refractivity contribution is 5.82. The van der Waals surface area contributed by atoms with Crippen molar-refractivity contribution < 1.29 is 19.0 Å². The van der Waals surface area contributed by atoms with Crippen LogP contribution >= 0.6 is 0 Å². The van der Waals surface area contributed by atoms with Crippen molar-refractivity contribution in [3.8, 4) is 16.9 Å². The van der Waals surface area contributed by atoms with E-state index in [0.717, 1.165) is 29.5 Å². The van der Waals surface area contributed by atoms with Crippen molar-refractivity contribution in [2.24, 2.45) is 5.92 Å². The van der Waals surface area contributed by atoms with Crippen molar-refractivity contribution in [2.45, 2.75) is 19.3 Å². The fraction of sp³-hybridized carbons (Fsp3) is 0.316. The first-order chi connectivity index (χ1) is 11.1. The summed E-state index contributed by atoms with van der Waals surface area (Å²) in [5, 5.41) is 9.04. The van der Waals surface area contributed by atoms with Crippen molar-refractivity contribution in [1.82, 2.24) is 0 Å². The number of carbonyl (C=O) groups is 1. The second-order valence-electron chi connectivity index (χ2n) is 5.90. The van der Waals surface area contributed by atoms with Gasteiger partial charge in [-0.25, -0.2) is 4.39 Å². The number of ketones is 1. The SMILES string of the molecule is COc1ccc(-c2ccc3c(c2)CC(C(=O)CO)CC3)cc1F. The Balaban J connectivity index is 1.91. The van der Waals surface area contributed by atoms with Crippen LogP contribution in [-0.2, 0) is 17.6 Å². The number of carbonyl (C=O) groups excluding carboxylic acids is 1. The van der Waals surface area contributed by atoms with Gasteiger partial charge in [0.25, 0.3) is 0 Å². The predicted molar refractivity (Wildman–Crippen MR) is 86.0 cm³/mol. The molecule has 2 aromatic carbocycles. The van der Waals surface area contributed by atoms with E-state index in [-0.39, 0.29) is 17.5 Å². The van der Waals surface area contributed by atoms with Gasteiger partial charge in [0.2, 0.25) is 0 Å². The molecule has 0 heterocycles. The van der Waals surface area contributed by atoms with Gasteiger partial charge in [0.05, 0.1) is 7.11 Å². The molecule has 0 saturated carbocycles. The number of ether oxygens (including phenoxy) is 1. The number of aryl methyl sites for hydroxylation is 1. The zero-order valence-corrected chi connectivity index (χ0v) is 13.0. The van der Waals surface area contributed by atoms with Gasteiger partial charge in [-0.05, 0) is 53.6 Å². The van der Waals surface area contributed by atoms with Gasteiger partial charge in [-0.15, -0.1) is 0 Å². The Kier molecular flexibility index (Phi) is 4.44. The highest BCUT2D eigenvalue weighted by atomic mass is 19.1. The van der Waals surface area contributed by atoms with E-state index in [4.69, 9.17) is 9.84 Å². The summed E-state index contributed by atoms with van der Waals surface area (Å²) in [6.45, 7) is -0.399. The minimum absolute atomic E-state index is 0.100. The standard InChI is InChI=1S/C19H19FO3/c1-23-19-7-6-14(10-17(19)20)13-4-2-12-3-5-15(18(22)11-21)9-16(12)8-13/h2,4,6-8,10,15,21H,3,5,9,11H2,1H3. The van der Waals surface area contributed by atoms with Crippen molar-refractivity contribution in [2.75, 3.05) is 13.7 Å². The number of hydrogen-bond acceptors (Lipinski definition) is 3. The zero-order valence-electron chi connectivity index (χ0n) is 13.0. The molecule has 1 aliphatic carbocycles. The van der Waals surface area contributed by atoms with Crippen LogP contribution in [0.15, 0.2) is 36.4 Å². The van der Waals surface area contributed by atoms with Gasteiger partial charge in [-0.2, -0.15) is 0 Å². The molecular formula is C19H19FO3. The molecule has 1 unspecified atom stereocenters. The van der Waals surface area contributed by atoms with E-state index in [1.54, 1.807) is 6.07 Å². The largest absolute Gasteiger partial charge is 0.494 e. The average Bonchev–Trinajstić information content (AvgIpc) is 2.60. The van der Waals surface area contributed by atoms with Crippen LogP contribution in [0.3, 0.4) is 0 Å². The number of benzene rings is 2. The fourth-order valence-corrected chi connectivity index (χ4v) is 3.19. The Bertz CT molecular complexity index is 739. The van der Waals surface area contributed by atoms with Gasteiger partial charge in [0.15, 0.2) is 17.3 Å². The molecule has 0 bridgehead atoms. The van der Waals surface area contributed by atoms with Crippen molar-refractivity contribution in [3.05, 3.63) is 53.3 Å². The summed E-state index contributed by atoms with van der Waals surface area (Å²) in [6, 6.07) is 10.9. The summed E-state index contributed by atoms with van der Waals surface area (Å²) >= 11 is 0. The topological polar surface area (TPSA) is 46.5 Å². The van der Waals surface area contributed by atoms with Crippen molar-refractivity contribution >= 4 is 5.78 Å². The molecule has 0 aliphatic heterocycles. The van der Waals surface area contributed by atoms with Gasteiger partial charge in [-0.1, -0.05) is 24.3 Å². The van der Waals surface area contributed by atoms with Gasteiger partial charge in [0.1, 0.15) is 6.61 Å². The van der Waals surface area contributed by atoms with Gasteiger partial charge < -0.3 is 9.84 Å². The van der Waals surface area contributed by atoms with Crippen LogP contribution < -0.4 is 4.74 Å². The number of rotatable bonds is 4. The molecular weight excluding hydrogens is 295 g/mol. The Labute approximate surface area is 134 Å². The molecule has 1 atom stereocenters. The van der Waals surface area contributed by atoms with Crippen LogP contribution in [0.25, 0.3) is 11.1 Å². The molecule has 0 saturated heterocycles. The van der Waals surface area contributed by atoms with Crippen molar-refractivity contribution in [1.29, 1.82) is 0 Å². The van der Waals surface area contributed by atoms with Crippen LogP contribution in [0.5, 0.6) is 5.75 Å². The summed E-state index contributed by atoms with van der Waals surface area (Å²) < 4.78 is 18.8. The minimum Gasteiger partial charge on any atom is -0.494 e. The summed E-state index contributed by atoms with van der Waals surface area (Å²) in [7, 11) is 1.44. The van der Waals surface area contributed by atoms with Crippen LogP contribution in [0.2, 0.25) is 0 Å². The summed E-state index contributed by atoms with van der Waals surface area (Å²) in [6.07, 6.45) is 2.26. The third kappa shape index (κ3) is 3.13. The van der Waals surface area contributed by atoms with Crippen LogP contribution in [-0.4, -0.2) is 24.6 Å². The average molecular weight is 314 g/mol. The first-order valence-corrected chi connectivity index (χ1v) is 7.71. The number of aliphatic hydroxyl groups is 1. The smallest absolute Gasteiger partial charge is 0.165 e. The molecule has 3 nitrogen and oxygen atoms in total. The van der Waals surface area contributed by atoms with Gasteiger partial charge in [-0.3, -0.25) is 4.79 Å². The zero-order chi connectivity index (χ0) is 16.4. The third-order valence-corrected chi connectivity index (χ3v) is 4.53. The molecule has 1 aliphatic rings. The lowest BCUT2D eigenvalue weighted by Gasteiger charge is -2.23. The minimum atomic E-state index is -0.399. The molecule has 23 heavy (non-hydrogen) atoms. The van der Waals surface area contributed by atoms with E-state index in [9.17, 15) is 9.18 Å². The molecule has 0 aromatic heterocycles. The Morgan fingerprint density at radius 2 is 1.96 bits per heavy atom. The number of Topliss-reactive ketones (excluding diaryl/α,β-unsaturated/α-hetero) is 1. The number of aliphatic hydroxyl groups excluding tert-OH is 1. The number of fused-ring (bicyclic) bond motifs is 1. The molecule has 1 N–H and O–H groups in total. The first kappa shape index (κ1) is 15.7. The van der Waals surface area contributed by atoms with Gasteiger partial charge >= 0.3 is 0 Å². The Morgan fingerprint density at radius 1 is 1.22 bits per heavy atom. The van der Waals surface area contributed by atoms with Crippen LogP contribution in [0.4, 0.5) is 4.39 Å². The van der Waals surface area contributed by atoms with E-state index in [2.05, 4.69) is 0 Å². The predicted octanol–water partition coefficient (Wildman–Crippen LogP) is 3.17. The molecule has 3 rings (SSSR count). The number of halogens is 1. The van der Waals surface area contributed by atoms with E-state index in [1.807, 2.05) is 24.3 Å².